The summed E-state index contributed by atoms with van der Waals surface area (Å²) in [6.07, 6.45) is 0. The van der Waals surface area contributed by atoms with Crippen molar-refractivity contribution in [1.82, 2.24) is 0 Å². The van der Waals surface area contributed by atoms with Crippen LogP contribution in [0.3, 0.4) is 0 Å². The predicted octanol–water partition coefficient (Wildman–Crippen LogP) is -1.51. The summed E-state index contributed by atoms with van der Waals surface area (Å²) in [6, 6.07) is 12.5. The molecule has 0 aromatic heterocycles. The number of hydrogen-bond donors (Lipinski definition) is 0. The van der Waals surface area contributed by atoms with Crippen molar-refractivity contribution in [3.8, 4) is 0 Å². The summed E-state index contributed by atoms with van der Waals surface area (Å²) in [4.78, 5) is 0. The van der Waals surface area contributed by atoms with Crippen LogP contribution in [-0.2, 0) is 27.3 Å². The molecule has 0 saturated heterocycles. The number of hydrogen-bond acceptors (Lipinski definition) is 0. The normalized spacial score (nSPS) is 6.00. The van der Waals surface area contributed by atoms with Crippen molar-refractivity contribution in [2.75, 3.05) is 0 Å². The molecule has 2 heteroatoms. The van der Waals surface area contributed by atoms with Gasteiger partial charge in [-0.25, -0.2) is 0 Å². The molecule has 0 aliphatic carbocycles. The zero-order valence-corrected chi connectivity index (χ0v) is 10.7. The fourth-order valence-electron chi connectivity index (χ4n) is 0.342. The van der Waals surface area contributed by atoms with Crippen LogP contribution in [0.5, 0.6) is 0 Å². The molecule has 0 radical (unpaired) electrons. The molecule has 0 aliphatic heterocycles. The van der Waals surface area contributed by atoms with Gasteiger partial charge in [0.1, 0.15) is 0 Å². The molecule has 1 rings (SSSR count). The standard InChI is InChI=1S/C6H5.Cd.HI/c1-2-4-6-5-3-1;;/h1-5H;;1H/q-1;+2;/p-1. The van der Waals surface area contributed by atoms with Gasteiger partial charge in [0.2, 0.25) is 0 Å². The zero-order valence-electron chi connectivity index (χ0n) is 4.47. The van der Waals surface area contributed by atoms with Gasteiger partial charge < -0.3 is 24.0 Å². The van der Waals surface area contributed by atoms with Crippen LogP contribution < -0.4 is 24.0 Å². The maximum absolute atomic E-state index is 2.89. The van der Waals surface area contributed by atoms with E-state index < -0.39 is 0 Å². The Labute approximate surface area is 86.9 Å². The van der Waals surface area contributed by atoms with Crippen LogP contribution in [0.25, 0.3) is 0 Å². The summed E-state index contributed by atoms with van der Waals surface area (Å²) in [5.41, 5.74) is 0. The molecule has 0 heterocycles. The van der Waals surface area contributed by atoms with E-state index in [1.54, 1.807) is 0 Å². The first kappa shape index (κ1) is 11.6. The van der Waals surface area contributed by atoms with Gasteiger partial charge >= 0.3 is 27.3 Å². The van der Waals surface area contributed by atoms with Crippen LogP contribution in [0.2, 0.25) is 0 Å². The van der Waals surface area contributed by atoms with Crippen LogP contribution in [0, 0.1) is 6.07 Å². The van der Waals surface area contributed by atoms with Crippen LogP contribution in [0.15, 0.2) is 30.3 Å². The second kappa shape index (κ2) is 7.87. The summed E-state index contributed by atoms with van der Waals surface area (Å²) in [7, 11) is 0. The van der Waals surface area contributed by atoms with Crippen LogP contribution in [-0.4, -0.2) is 0 Å². The van der Waals surface area contributed by atoms with E-state index in [0.29, 0.717) is 0 Å². The molecule has 0 aliphatic rings. The Morgan fingerprint density at radius 2 is 1.38 bits per heavy atom. The van der Waals surface area contributed by atoms with E-state index in [-0.39, 0.29) is 51.3 Å². The third-order valence-electron chi connectivity index (χ3n) is 0.607. The molecule has 1 aromatic carbocycles. The van der Waals surface area contributed by atoms with E-state index in [2.05, 4.69) is 6.07 Å². The predicted molar refractivity (Wildman–Crippen MR) is 25.3 cm³/mol. The monoisotopic (exact) mass is 318 g/mol. The number of benzene rings is 1. The molecule has 0 bridgehead atoms. The third kappa shape index (κ3) is 5.02. The summed E-state index contributed by atoms with van der Waals surface area (Å²) < 4.78 is 0. The molecule has 0 fully saturated rings. The minimum Gasteiger partial charge on any atom is -1.00 e. The molecule has 0 atom stereocenters. The van der Waals surface area contributed by atoms with Gasteiger partial charge in [0.15, 0.2) is 0 Å². The maximum atomic E-state index is 2.89. The number of halogens is 1. The Kier molecular flexibility index (Phi) is 11.5. The Hall–Kier alpha value is 0.872. The Morgan fingerprint density at radius 1 is 0.875 bits per heavy atom. The van der Waals surface area contributed by atoms with Gasteiger partial charge in [0.25, 0.3) is 0 Å². The fourth-order valence-corrected chi connectivity index (χ4v) is 0.342. The average molecular weight is 316 g/mol. The fraction of sp³-hybridized carbons (Fsp3) is 0. The summed E-state index contributed by atoms with van der Waals surface area (Å²) >= 11 is 0. The van der Waals surface area contributed by atoms with Crippen molar-refractivity contribution >= 4 is 0 Å². The van der Waals surface area contributed by atoms with Crippen molar-refractivity contribution in [3.05, 3.63) is 36.4 Å². The largest absolute Gasteiger partial charge is 2.00 e. The molecular weight excluding hydrogens is 311 g/mol. The van der Waals surface area contributed by atoms with Gasteiger partial charge in [-0.2, -0.15) is 36.4 Å². The molecule has 0 amide bonds. The van der Waals surface area contributed by atoms with Crippen LogP contribution in [0.4, 0.5) is 0 Å². The first-order valence-electron chi connectivity index (χ1n) is 1.91. The van der Waals surface area contributed by atoms with Crippen molar-refractivity contribution < 1.29 is 51.3 Å². The molecule has 0 spiro atoms. The zero-order chi connectivity index (χ0) is 4.24. The maximum Gasteiger partial charge on any atom is 2.00 e. The second-order valence-corrected chi connectivity index (χ2v) is 1.08. The van der Waals surface area contributed by atoms with Crippen molar-refractivity contribution in [3.63, 3.8) is 0 Å². The van der Waals surface area contributed by atoms with Crippen molar-refractivity contribution in [2.24, 2.45) is 0 Å². The molecule has 0 unspecified atom stereocenters. The minimum atomic E-state index is 0. The molecule has 1 aromatic rings. The summed E-state index contributed by atoms with van der Waals surface area (Å²) in [6.45, 7) is 0. The van der Waals surface area contributed by atoms with Gasteiger partial charge in [-0.05, 0) is 0 Å². The van der Waals surface area contributed by atoms with Crippen molar-refractivity contribution in [1.29, 1.82) is 0 Å². The molecule has 0 N–H and O–H groups in total. The van der Waals surface area contributed by atoms with E-state index in [0.717, 1.165) is 0 Å². The first-order chi connectivity index (χ1) is 3.00. The molecule has 8 heavy (non-hydrogen) atoms. The van der Waals surface area contributed by atoms with Gasteiger partial charge in [0.05, 0.1) is 0 Å². The smallest absolute Gasteiger partial charge is 1.00 e. The Balaban J connectivity index is 0. The summed E-state index contributed by atoms with van der Waals surface area (Å²) in [5.74, 6) is 0. The SMILES string of the molecule is [Cd+2].[I-].[c-]1ccccc1. The Morgan fingerprint density at radius 3 is 1.50 bits per heavy atom. The molecule has 0 saturated carbocycles. The van der Waals surface area contributed by atoms with E-state index in [1.165, 1.54) is 0 Å². The molecular formula is C6H5CdI. The molecule has 38 valence electrons. The quantitative estimate of drug-likeness (QED) is 0.310. The Bertz CT molecular complexity index is 80.5. The second-order valence-electron chi connectivity index (χ2n) is 1.08. The van der Waals surface area contributed by atoms with Gasteiger partial charge in [-0.3, -0.25) is 0 Å². The van der Waals surface area contributed by atoms with E-state index in [9.17, 15) is 0 Å². The third-order valence-corrected chi connectivity index (χ3v) is 0.607. The van der Waals surface area contributed by atoms with E-state index in [1.807, 2.05) is 30.3 Å². The van der Waals surface area contributed by atoms with E-state index >= 15 is 0 Å². The topological polar surface area (TPSA) is 0 Å². The average Bonchev–Trinajstić information content (AvgIpc) is 1.72. The molecule has 0 nitrogen and oxygen atoms in total. The van der Waals surface area contributed by atoms with Gasteiger partial charge in [-0.15, -0.1) is 0 Å². The van der Waals surface area contributed by atoms with E-state index in [4.69, 9.17) is 0 Å². The van der Waals surface area contributed by atoms with Crippen LogP contribution >= 0.6 is 0 Å². The van der Waals surface area contributed by atoms with Gasteiger partial charge in [-0.1, -0.05) is 0 Å². The summed E-state index contributed by atoms with van der Waals surface area (Å²) in [5, 5.41) is 0. The van der Waals surface area contributed by atoms with Crippen molar-refractivity contribution in [2.45, 2.75) is 0 Å². The first-order valence-corrected chi connectivity index (χ1v) is 1.91. The van der Waals surface area contributed by atoms with Gasteiger partial charge in [0, 0.05) is 0 Å². The van der Waals surface area contributed by atoms with Crippen LogP contribution in [0.1, 0.15) is 0 Å². The number of rotatable bonds is 0. The minimum absolute atomic E-state index is 0.